The number of β-lactam (4-membered cyclic amide) rings is 1. The third-order valence-electron chi connectivity index (χ3n) is 3.97. The van der Waals surface area contributed by atoms with Crippen molar-refractivity contribution in [2.45, 2.75) is 38.7 Å². The SMILES string of the molecule is CONC(=O)O[C@@H](C)[C@H]1NC(=O)[C@@H]1[C@@H](C)OC(=O)OCc1ccccc1. The van der Waals surface area contributed by atoms with Crippen LogP contribution in [0.3, 0.4) is 0 Å². The summed E-state index contributed by atoms with van der Waals surface area (Å²) in [5.74, 6) is -0.939. The molecule has 0 unspecified atom stereocenters. The lowest BCUT2D eigenvalue weighted by Gasteiger charge is -2.42. The van der Waals surface area contributed by atoms with Crippen LogP contribution in [0, 0.1) is 5.92 Å². The Bertz CT molecular complexity index is 637. The van der Waals surface area contributed by atoms with E-state index in [1.807, 2.05) is 35.8 Å². The number of rotatable bonds is 7. The van der Waals surface area contributed by atoms with Gasteiger partial charge in [0.1, 0.15) is 18.8 Å². The number of carbonyl (C=O) groups is 3. The van der Waals surface area contributed by atoms with Crippen molar-refractivity contribution in [1.82, 2.24) is 10.8 Å². The first-order valence-electron chi connectivity index (χ1n) is 8.09. The normalized spacial score (nSPS) is 20.8. The van der Waals surface area contributed by atoms with Crippen molar-refractivity contribution in [2.24, 2.45) is 5.92 Å². The fourth-order valence-electron chi connectivity index (χ4n) is 2.66. The summed E-state index contributed by atoms with van der Waals surface area (Å²) < 4.78 is 15.3. The lowest BCUT2D eigenvalue weighted by atomic mass is 9.83. The fourth-order valence-corrected chi connectivity index (χ4v) is 2.66. The van der Waals surface area contributed by atoms with Crippen molar-refractivity contribution < 1.29 is 33.4 Å². The van der Waals surface area contributed by atoms with E-state index in [0.29, 0.717) is 0 Å². The molecule has 1 fully saturated rings. The fraction of sp³-hybridized carbons (Fsp3) is 0.471. The Morgan fingerprint density at radius 1 is 1.15 bits per heavy atom. The smallest absolute Gasteiger partial charge is 0.443 e. The van der Waals surface area contributed by atoms with Gasteiger partial charge in [0.25, 0.3) is 0 Å². The molecule has 0 aromatic heterocycles. The number of hydrogen-bond acceptors (Lipinski definition) is 7. The van der Waals surface area contributed by atoms with Crippen LogP contribution in [-0.4, -0.2) is 43.5 Å². The van der Waals surface area contributed by atoms with E-state index in [4.69, 9.17) is 14.2 Å². The Morgan fingerprint density at radius 2 is 1.85 bits per heavy atom. The number of ether oxygens (including phenoxy) is 3. The van der Waals surface area contributed by atoms with Gasteiger partial charge in [0.05, 0.1) is 19.1 Å². The van der Waals surface area contributed by atoms with Gasteiger partial charge >= 0.3 is 12.2 Å². The van der Waals surface area contributed by atoms with E-state index in [-0.39, 0.29) is 12.5 Å². The number of hydrogen-bond donors (Lipinski definition) is 2. The molecule has 2 rings (SSSR count). The van der Waals surface area contributed by atoms with Gasteiger partial charge in [-0.15, -0.1) is 0 Å². The van der Waals surface area contributed by atoms with Crippen LogP contribution in [0.5, 0.6) is 0 Å². The molecule has 9 nitrogen and oxygen atoms in total. The van der Waals surface area contributed by atoms with E-state index in [9.17, 15) is 14.4 Å². The summed E-state index contributed by atoms with van der Waals surface area (Å²) in [5, 5.41) is 2.64. The molecule has 9 heteroatoms. The van der Waals surface area contributed by atoms with Crippen LogP contribution in [0.1, 0.15) is 19.4 Å². The molecule has 1 aliphatic rings. The van der Waals surface area contributed by atoms with Gasteiger partial charge in [-0.1, -0.05) is 30.3 Å². The van der Waals surface area contributed by atoms with Gasteiger partial charge in [0.2, 0.25) is 5.91 Å². The lowest BCUT2D eigenvalue weighted by molar-refractivity contribution is -0.146. The van der Waals surface area contributed by atoms with Gasteiger partial charge in [-0.25, -0.2) is 9.59 Å². The highest BCUT2D eigenvalue weighted by Gasteiger charge is 2.48. The molecule has 4 atom stereocenters. The summed E-state index contributed by atoms with van der Waals surface area (Å²) in [5.41, 5.74) is 2.84. The molecule has 0 spiro atoms. The summed E-state index contributed by atoms with van der Waals surface area (Å²) in [6.07, 6.45) is -3.03. The zero-order valence-corrected chi connectivity index (χ0v) is 14.8. The minimum Gasteiger partial charge on any atom is -0.443 e. The van der Waals surface area contributed by atoms with E-state index in [0.717, 1.165) is 5.56 Å². The Morgan fingerprint density at radius 3 is 2.46 bits per heavy atom. The zero-order chi connectivity index (χ0) is 19.1. The molecule has 1 saturated heterocycles. The molecule has 0 aliphatic carbocycles. The number of benzene rings is 1. The quantitative estimate of drug-likeness (QED) is 0.427. The largest absolute Gasteiger partial charge is 0.508 e. The monoisotopic (exact) mass is 366 g/mol. The molecular formula is C17H22N2O7. The molecule has 1 aliphatic heterocycles. The minimum absolute atomic E-state index is 0.0728. The molecule has 0 saturated carbocycles. The molecule has 1 aromatic rings. The maximum Gasteiger partial charge on any atom is 0.508 e. The second-order valence-electron chi connectivity index (χ2n) is 5.82. The van der Waals surface area contributed by atoms with Crippen molar-refractivity contribution in [3.63, 3.8) is 0 Å². The summed E-state index contributed by atoms with van der Waals surface area (Å²) in [6.45, 7) is 3.28. The molecule has 1 heterocycles. The molecule has 2 amide bonds. The highest BCUT2D eigenvalue weighted by molar-refractivity contribution is 5.87. The maximum atomic E-state index is 11.8. The number of carbonyl (C=O) groups excluding carboxylic acids is 3. The highest BCUT2D eigenvalue weighted by Crippen LogP contribution is 2.26. The molecule has 0 bridgehead atoms. The Labute approximate surface area is 150 Å². The van der Waals surface area contributed by atoms with Gasteiger partial charge in [0, 0.05) is 0 Å². The van der Waals surface area contributed by atoms with Crippen LogP contribution >= 0.6 is 0 Å². The maximum absolute atomic E-state index is 11.8. The highest BCUT2D eigenvalue weighted by atomic mass is 16.7. The molecular weight excluding hydrogens is 344 g/mol. The van der Waals surface area contributed by atoms with Gasteiger partial charge in [-0.3, -0.25) is 9.63 Å². The van der Waals surface area contributed by atoms with Crippen molar-refractivity contribution in [3.05, 3.63) is 35.9 Å². The van der Waals surface area contributed by atoms with Crippen LogP contribution in [0.4, 0.5) is 9.59 Å². The topological polar surface area (TPSA) is 112 Å². The summed E-state index contributed by atoms with van der Waals surface area (Å²) in [4.78, 5) is 39.5. The number of amides is 2. The van der Waals surface area contributed by atoms with Crippen LogP contribution < -0.4 is 10.8 Å². The minimum atomic E-state index is -0.870. The van der Waals surface area contributed by atoms with Crippen molar-refractivity contribution in [2.75, 3.05) is 7.11 Å². The molecule has 142 valence electrons. The first-order chi connectivity index (χ1) is 12.4. The van der Waals surface area contributed by atoms with Crippen LogP contribution in [-0.2, 0) is 30.4 Å². The predicted octanol–water partition coefficient (Wildman–Crippen LogP) is 1.52. The van der Waals surface area contributed by atoms with E-state index in [1.165, 1.54) is 7.11 Å². The lowest BCUT2D eigenvalue weighted by Crippen LogP contribution is -2.67. The van der Waals surface area contributed by atoms with Crippen LogP contribution in [0.25, 0.3) is 0 Å². The third kappa shape index (κ3) is 5.09. The van der Waals surface area contributed by atoms with Crippen molar-refractivity contribution in [1.29, 1.82) is 0 Å². The van der Waals surface area contributed by atoms with E-state index < -0.39 is 36.4 Å². The standard InChI is InChI=1S/C17H22N2O7/c1-10(26-17(22)24-9-12-7-5-4-6-8-12)13-14(18-15(13)20)11(2)25-16(21)19-23-3/h4-8,10-11,13-14H,9H2,1-3H3,(H,18,20)(H,19,21)/t10-,11+,13-,14-/m1/s1. The predicted molar refractivity (Wildman–Crippen MR) is 88.7 cm³/mol. The van der Waals surface area contributed by atoms with E-state index in [2.05, 4.69) is 10.2 Å². The van der Waals surface area contributed by atoms with Gasteiger partial charge in [0.15, 0.2) is 0 Å². The van der Waals surface area contributed by atoms with Gasteiger partial charge in [-0.05, 0) is 19.4 Å². The average molecular weight is 366 g/mol. The molecule has 0 radical (unpaired) electrons. The zero-order valence-electron chi connectivity index (χ0n) is 14.8. The summed E-state index contributed by atoms with van der Waals surface area (Å²) in [7, 11) is 1.27. The molecule has 26 heavy (non-hydrogen) atoms. The third-order valence-corrected chi connectivity index (χ3v) is 3.97. The summed E-state index contributed by atoms with van der Waals surface area (Å²) >= 11 is 0. The Kier molecular flexibility index (Phi) is 6.79. The van der Waals surface area contributed by atoms with Gasteiger partial charge < -0.3 is 19.5 Å². The second-order valence-corrected chi connectivity index (χ2v) is 5.82. The molecule has 2 N–H and O–H groups in total. The Balaban J connectivity index is 1.82. The first-order valence-corrected chi connectivity index (χ1v) is 8.09. The van der Waals surface area contributed by atoms with Crippen LogP contribution in [0.2, 0.25) is 0 Å². The van der Waals surface area contributed by atoms with Crippen molar-refractivity contribution in [3.8, 4) is 0 Å². The number of hydroxylamine groups is 1. The number of nitrogens with one attached hydrogen (secondary N) is 2. The van der Waals surface area contributed by atoms with Crippen LogP contribution in [0.15, 0.2) is 30.3 Å². The van der Waals surface area contributed by atoms with Gasteiger partial charge in [-0.2, -0.15) is 5.48 Å². The average Bonchev–Trinajstić information content (AvgIpc) is 2.58. The molecule has 1 aromatic carbocycles. The summed E-state index contributed by atoms with van der Waals surface area (Å²) in [6, 6.07) is 8.66. The second kappa shape index (κ2) is 9.04. The van der Waals surface area contributed by atoms with E-state index in [1.54, 1.807) is 13.8 Å². The Hall–Kier alpha value is -2.81. The first kappa shape index (κ1) is 19.5. The van der Waals surface area contributed by atoms with Crippen molar-refractivity contribution >= 4 is 18.2 Å². The van der Waals surface area contributed by atoms with E-state index >= 15 is 0 Å².